The zero-order valence-electron chi connectivity index (χ0n) is 11.4. The number of hydrogen-bond acceptors (Lipinski definition) is 2. The minimum absolute atomic E-state index is 0.0934. The van der Waals surface area contributed by atoms with Gasteiger partial charge in [-0.15, -0.1) is 0 Å². The third-order valence-electron chi connectivity index (χ3n) is 2.32. The molecule has 4 heteroatoms. The van der Waals surface area contributed by atoms with Crippen LogP contribution >= 0.6 is 15.9 Å². The smallest absolute Gasteiger partial charge is 0.265 e. The van der Waals surface area contributed by atoms with Gasteiger partial charge in [0.2, 0.25) is 0 Å². The summed E-state index contributed by atoms with van der Waals surface area (Å²) >= 11 is 3.32. The predicted molar refractivity (Wildman–Crippen MR) is 74.4 cm³/mol. The van der Waals surface area contributed by atoms with Crippen LogP contribution in [0.1, 0.15) is 53.1 Å². The first-order valence-corrected chi connectivity index (χ1v) is 6.59. The summed E-state index contributed by atoms with van der Waals surface area (Å²) in [7, 11) is 0. The van der Waals surface area contributed by atoms with Crippen molar-refractivity contribution in [3.63, 3.8) is 0 Å². The van der Waals surface area contributed by atoms with E-state index in [1.165, 1.54) is 0 Å². The molecule has 96 valence electrons. The molecule has 0 bridgehead atoms. The number of aromatic amines is 1. The molecule has 0 aromatic carbocycles. The Morgan fingerprint density at radius 2 is 1.71 bits per heavy atom. The molecule has 0 atom stereocenters. The van der Waals surface area contributed by atoms with Crippen LogP contribution in [0, 0.1) is 5.41 Å². The number of hydrogen-bond donors (Lipinski definition) is 1. The lowest BCUT2D eigenvalue weighted by atomic mass is 9.90. The largest absolute Gasteiger partial charge is 0.310 e. The number of aromatic nitrogens is 2. The molecule has 1 rings (SSSR count). The van der Waals surface area contributed by atoms with Gasteiger partial charge in [-0.05, 0) is 21.3 Å². The Kier molecular flexibility index (Phi) is 3.87. The molecule has 3 nitrogen and oxygen atoms in total. The van der Waals surface area contributed by atoms with Gasteiger partial charge in [0.25, 0.3) is 5.56 Å². The molecule has 0 radical (unpaired) electrons. The van der Waals surface area contributed by atoms with Crippen molar-refractivity contribution in [3.8, 4) is 0 Å². The fourth-order valence-corrected chi connectivity index (χ4v) is 2.37. The standard InChI is InChI=1S/C13H21BrN2O/c1-12(2,3)7-8-15-10(13(4,5)6)9(14)11(17)16-8/h7H2,1-6H3,(H,15,16,17). The second-order valence-electron chi connectivity index (χ2n) is 6.66. The van der Waals surface area contributed by atoms with E-state index in [0.29, 0.717) is 4.47 Å². The number of nitrogens with one attached hydrogen (secondary N) is 1. The summed E-state index contributed by atoms with van der Waals surface area (Å²) in [6, 6.07) is 0. The van der Waals surface area contributed by atoms with Crippen molar-refractivity contribution < 1.29 is 0 Å². The normalized spacial score (nSPS) is 12.9. The fraction of sp³-hybridized carbons (Fsp3) is 0.692. The van der Waals surface area contributed by atoms with E-state index in [-0.39, 0.29) is 16.4 Å². The van der Waals surface area contributed by atoms with E-state index in [9.17, 15) is 4.79 Å². The van der Waals surface area contributed by atoms with Crippen molar-refractivity contribution in [3.05, 3.63) is 26.3 Å². The Hall–Kier alpha value is -0.640. The maximum atomic E-state index is 11.9. The van der Waals surface area contributed by atoms with Crippen LogP contribution in [0.5, 0.6) is 0 Å². The van der Waals surface area contributed by atoms with E-state index in [0.717, 1.165) is 17.9 Å². The molecule has 0 saturated heterocycles. The first kappa shape index (κ1) is 14.4. The topological polar surface area (TPSA) is 45.8 Å². The molecule has 1 aromatic heterocycles. The van der Waals surface area contributed by atoms with E-state index in [1.54, 1.807) is 0 Å². The van der Waals surface area contributed by atoms with Crippen molar-refractivity contribution in [1.29, 1.82) is 0 Å². The molecular weight excluding hydrogens is 280 g/mol. The molecule has 0 spiro atoms. The van der Waals surface area contributed by atoms with Gasteiger partial charge in [-0.3, -0.25) is 4.79 Å². The summed E-state index contributed by atoms with van der Waals surface area (Å²) in [5.74, 6) is 0.760. The van der Waals surface area contributed by atoms with Crippen LogP contribution in [0.15, 0.2) is 9.27 Å². The van der Waals surface area contributed by atoms with E-state index in [2.05, 4.69) is 67.4 Å². The minimum Gasteiger partial charge on any atom is -0.310 e. The zero-order valence-corrected chi connectivity index (χ0v) is 13.0. The molecule has 1 heterocycles. The number of H-pyrrole nitrogens is 1. The van der Waals surface area contributed by atoms with Crippen molar-refractivity contribution in [2.45, 2.75) is 53.4 Å². The molecule has 0 aliphatic heterocycles. The summed E-state index contributed by atoms with van der Waals surface area (Å²) in [4.78, 5) is 19.3. The second-order valence-corrected chi connectivity index (χ2v) is 7.46. The molecule has 0 amide bonds. The van der Waals surface area contributed by atoms with Gasteiger partial charge in [0.15, 0.2) is 0 Å². The average Bonchev–Trinajstić information content (AvgIpc) is 2.06. The Morgan fingerprint density at radius 1 is 1.18 bits per heavy atom. The lowest BCUT2D eigenvalue weighted by molar-refractivity contribution is 0.397. The number of rotatable bonds is 1. The van der Waals surface area contributed by atoms with Crippen LogP contribution in [0.2, 0.25) is 0 Å². The van der Waals surface area contributed by atoms with Gasteiger partial charge in [0.05, 0.1) is 5.69 Å². The van der Waals surface area contributed by atoms with Gasteiger partial charge in [-0.1, -0.05) is 41.5 Å². The molecule has 0 saturated carbocycles. The molecule has 0 aliphatic rings. The maximum absolute atomic E-state index is 11.9. The quantitative estimate of drug-likeness (QED) is 0.864. The van der Waals surface area contributed by atoms with Gasteiger partial charge in [0, 0.05) is 11.8 Å². The zero-order chi connectivity index (χ0) is 13.4. The molecule has 17 heavy (non-hydrogen) atoms. The highest BCUT2D eigenvalue weighted by Crippen LogP contribution is 2.26. The Balaban J connectivity index is 3.30. The first-order valence-electron chi connectivity index (χ1n) is 5.80. The van der Waals surface area contributed by atoms with Crippen LogP contribution in [-0.2, 0) is 11.8 Å². The van der Waals surface area contributed by atoms with Gasteiger partial charge >= 0.3 is 0 Å². The highest BCUT2D eigenvalue weighted by molar-refractivity contribution is 9.10. The van der Waals surface area contributed by atoms with Gasteiger partial charge in [-0.25, -0.2) is 4.98 Å². The Morgan fingerprint density at radius 3 is 2.12 bits per heavy atom. The van der Waals surface area contributed by atoms with Gasteiger partial charge < -0.3 is 4.98 Å². The van der Waals surface area contributed by atoms with Crippen LogP contribution in [0.3, 0.4) is 0 Å². The lowest BCUT2D eigenvalue weighted by Crippen LogP contribution is -2.25. The summed E-state index contributed by atoms with van der Waals surface area (Å²) in [6.45, 7) is 12.6. The molecule has 0 fully saturated rings. The van der Waals surface area contributed by atoms with E-state index in [4.69, 9.17) is 0 Å². The van der Waals surface area contributed by atoms with Crippen LogP contribution in [0.25, 0.3) is 0 Å². The van der Waals surface area contributed by atoms with Crippen molar-refractivity contribution in [1.82, 2.24) is 9.97 Å². The maximum Gasteiger partial charge on any atom is 0.265 e. The third-order valence-corrected chi connectivity index (χ3v) is 3.06. The lowest BCUT2D eigenvalue weighted by Gasteiger charge is -2.22. The van der Waals surface area contributed by atoms with Crippen molar-refractivity contribution in [2.75, 3.05) is 0 Å². The predicted octanol–water partition coefficient (Wildman–Crippen LogP) is 3.42. The number of halogens is 1. The summed E-state index contributed by atoms with van der Waals surface area (Å²) in [5, 5.41) is 0. The van der Waals surface area contributed by atoms with Crippen LogP contribution < -0.4 is 5.56 Å². The molecule has 1 aromatic rings. The summed E-state index contributed by atoms with van der Waals surface area (Å²) < 4.78 is 0.544. The molecule has 0 unspecified atom stereocenters. The van der Waals surface area contributed by atoms with Crippen LogP contribution in [0.4, 0.5) is 0 Å². The minimum atomic E-state index is -0.139. The van der Waals surface area contributed by atoms with Crippen molar-refractivity contribution >= 4 is 15.9 Å². The van der Waals surface area contributed by atoms with Gasteiger partial charge in [-0.2, -0.15) is 0 Å². The first-order chi connectivity index (χ1) is 7.50. The molecular formula is C13H21BrN2O. The van der Waals surface area contributed by atoms with E-state index < -0.39 is 0 Å². The highest BCUT2D eigenvalue weighted by atomic mass is 79.9. The van der Waals surface area contributed by atoms with E-state index in [1.807, 2.05) is 0 Å². The number of nitrogens with zero attached hydrogens (tertiary/aromatic N) is 1. The monoisotopic (exact) mass is 300 g/mol. The second kappa shape index (κ2) is 4.56. The molecule has 1 N–H and O–H groups in total. The summed E-state index contributed by atoms with van der Waals surface area (Å²) in [6.07, 6.45) is 0.762. The SMILES string of the molecule is CC(C)(C)Cc1nc(C(C)(C)C)c(Br)c(=O)[nH]1. The third kappa shape index (κ3) is 3.95. The van der Waals surface area contributed by atoms with E-state index >= 15 is 0 Å². The van der Waals surface area contributed by atoms with Gasteiger partial charge in [0.1, 0.15) is 10.3 Å². The Labute approximate surface area is 111 Å². The summed E-state index contributed by atoms with van der Waals surface area (Å²) in [5.41, 5.74) is 0.697. The van der Waals surface area contributed by atoms with Crippen LogP contribution in [-0.4, -0.2) is 9.97 Å². The highest BCUT2D eigenvalue weighted by Gasteiger charge is 2.23. The average molecular weight is 301 g/mol. The van der Waals surface area contributed by atoms with Crippen molar-refractivity contribution in [2.24, 2.45) is 5.41 Å². The molecule has 0 aliphatic carbocycles. The Bertz CT molecular complexity index is 464. The fourth-order valence-electron chi connectivity index (χ4n) is 1.59.